The molecule has 2 N–H and O–H groups in total. The SMILES string of the molecule is COCC(C)CNCC(O)COC(C)CC(C)C. The van der Waals surface area contributed by atoms with Gasteiger partial charge in [-0.1, -0.05) is 20.8 Å². The van der Waals surface area contributed by atoms with Crippen molar-refractivity contribution < 1.29 is 14.6 Å². The van der Waals surface area contributed by atoms with Gasteiger partial charge in [0.2, 0.25) is 0 Å². The van der Waals surface area contributed by atoms with Gasteiger partial charge in [0, 0.05) is 20.3 Å². The molecule has 0 spiro atoms. The third-order valence-electron chi connectivity index (χ3n) is 2.70. The van der Waals surface area contributed by atoms with Gasteiger partial charge in [0.05, 0.1) is 18.8 Å². The second kappa shape index (κ2) is 10.7. The first kappa shape index (κ1) is 17.8. The van der Waals surface area contributed by atoms with Gasteiger partial charge in [-0.2, -0.15) is 0 Å². The summed E-state index contributed by atoms with van der Waals surface area (Å²) >= 11 is 0. The number of ether oxygens (including phenoxy) is 2. The summed E-state index contributed by atoms with van der Waals surface area (Å²) in [5.74, 6) is 1.09. The fourth-order valence-electron chi connectivity index (χ4n) is 1.91. The zero-order valence-electron chi connectivity index (χ0n) is 12.6. The lowest BCUT2D eigenvalue weighted by molar-refractivity contribution is -0.00885. The van der Waals surface area contributed by atoms with Crippen molar-refractivity contribution in [2.75, 3.05) is 33.4 Å². The van der Waals surface area contributed by atoms with E-state index in [0.717, 1.165) is 19.6 Å². The van der Waals surface area contributed by atoms with Crippen molar-refractivity contribution in [3.05, 3.63) is 0 Å². The van der Waals surface area contributed by atoms with E-state index in [4.69, 9.17) is 9.47 Å². The Labute approximate surface area is 112 Å². The summed E-state index contributed by atoms with van der Waals surface area (Å²) in [7, 11) is 1.70. The minimum atomic E-state index is -0.436. The van der Waals surface area contributed by atoms with Crippen LogP contribution in [0.25, 0.3) is 0 Å². The maximum Gasteiger partial charge on any atom is 0.0897 e. The summed E-state index contributed by atoms with van der Waals surface area (Å²) in [4.78, 5) is 0. The van der Waals surface area contributed by atoms with Gasteiger partial charge >= 0.3 is 0 Å². The molecule has 0 saturated carbocycles. The van der Waals surface area contributed by atoms with E-state index in [2.05, 4.69) is 33.0 Å². The average Bonchev–Trinajstić information content (AvgIpc) is 2.26. The molecule has 0 aliphatic heterocycles. The largest absolute Gasteiger partial charge is 0.389 e. The second-order valence-corrected chi connectivity index (χ2v) is 5.65. The van der Waals surface area contributed by atoms with E-state index in [9.17, 15) is 5.11 Å². The number of aliphatic hydroxyl groups is 1. The van der Waals surface area contributed by atoms with E-state index < -0.39 is 6.10 Å². The first-order valence-corrected chi connectivity index (χ1v) is 6.95. The smallest absolute Gasteiger partial charge is 0.0897 e. The van der Waals surface area contributed by atoms with Gasteiger partial charge in [0.25, 0.3) is 0 Å². The Kier molecular flexibility index (Phi) is 10.6. The molecule has 0 heterocycles. The van der Waals surface area contributed by atoms with Gasteiger partial charge in [0.1, 0.15) is 0 Å². The van der Waals surface area contributed by atoms with Gasteiger partial charge < -0.3 is 19.9 Å². The maximum atomic E-state index is 9.76. The minimum Gasteiger partial charge on any atom is -0.389 e. The third kappa shape index (κ3) is 11.0. The zero-order chi connectivity index (χ0) is 14.0. The van der Waals surface area contributed by atoms with Crippen molar-refractivity contribution in [3.8, 4) is 0 Å². The highest BCUT2D eigenvalue weighted by Gasteiger charge is 2.10. The van der Waals surface area contributed by atoms with Gasteiger partial charge in [-0.3, -0.25) is 0 Å². The molecule has 18 heavy (non-hydrogen) atoms. The molecule has 0 fully saturated rings. The summed E-state index contributed by atoms with van der Waals surface area (Å²) in [6, 6.07) is 0. The summed E-state index contributed by atoms with van der Waals surface area (Å²) in [6.45, 7) is 11.1. The van der Waals surface area contributed by atoms with Crippen molar-refractivity contribution in [1.82, 2.24) is 5.32 Å². The van der Waals surface area contributed by atoms with Crippen LogP contribution in [0.4, 0.5) is 0 Å². The lowest BCUT2D eigenvalue weighted by atomic mass is 10.1. The molecular formula is C14H31NO3. The summed E-state index contributed by atoms with van der Waals surface area (Å²) in [6.07, 6.45) is 0.812. The lowest BCUT2D eigenvalue weighted by Crippen LogP contribution is -2.34. The first-order valence-electron chi connectivity index (χ1n) is 6.95. The summed E-state index contributed by atoms with van der Waals surface area (Å²) < 4.78 is 10.7. The van der Waals surface area contributed by atoms with E-state index in [1.807, 2.05) is 0 Å². The van der Waals surface area contributed by atoms with Gasteiger partial charge in [-0.05, 0) is 31.7 Å². The quantitative estimate of drug-likeness (QED) is 0.594. The monoisotopic (exact) mass is 261 g/mol. The van der Waals surface area contributed by atoms with Crippen LogP contribution >= 0.6 is 0 Å². The highest BCUT2D eigenvalue weighted by atomic mass is 16.5. The molecule has 3 unspecified atom stereocenters. The molecule has 0 aromatic carbocycles. The van der Waals surface area contributed by atoms with Crippen LogP contribution in [0.2, 0.25) is 0 Å². The predicted octanol–water partition coefficient (Wildman–Crippen LogP) is 1.67. The Balaban J connectivity index is 3.50. The number of hydrogen-bond acceptors (Lipinski definition) is 4. The number of hydrogen-bond donors (Lipinski definition) is 2. The summed E-state index contributed by atoms with van der Waals surface area (Å²) in [5.41, 5.74) is 0. The molecule has 3 atom stereocenters. The molecule has 0 aromatic heterocycles. The van der Waals surface area contributed by atoms with Crippen LogP contribution in [-0.2, 0) is 9.47 Å². The summed E-state index contributed by atoms with van der Waals surface area (Å²) in [5, 5.41) is 13.0. The first-order chi connectivity index (χ1) is 8.45. The third-order valence-corrected chi connectivity index (χ3v) is 2.70. The molecule has 0 aliphatic rings. The van der Waals surface area contributed by atoms with Crippen molar-refractivity contribution >= 4 is 0 Å². The topological polar surface area (TPSA) is 50.7 Å². The molecule has 110 valence electrons. The molecule has 0 rings (SSSR count). The van der Waals surface area contributed by atoms with E-state index >= 15 is 0 Å². The fourth-order valence-corrected chi connectivity index (χ4v) is 1.91. The number of rotatable bonds is 11. The normalized spacial score (nSPS) is 16.8. The highest BCUT2D eigenvalue weighted by molar-refractivity contribution is 4.63. The van der Waals surface area contributed by atoms with Crippen LogP contribution < -0.4 is 5.32 Å². The van der Waals surface area contributed by atoms with Crippen LogP contribution in [0.5, 0.6) is 0 Å². The number of methoxy groups -OCH3 is 1. The highest BCUT2D eigenvalue weighted by Crippen LogP contribution is 2.07. The van der Waals surface area contributed by atoms with Crippen molar-refractivity contribution in [3.63, 3.8) is 0 Å². The van der Waals surface area contributed by atoms with Crippen LogP contribution in [0.1, 0.15) is 34.1 Å². The molecular weight excluding hydrogens is 230 g/mol. The lowest BCUT2D eigenvalue weighted by Gasteiger charge is -2.19. The fraction of sp³-hybridized carbons (Fsp3) is 1.00. The molecule has 0 amide bonds. The molecule has 0 saturated heterocycles. The van der Waals surface area contributed by atoms with Gasteiger partial charge in [-0.25, -0.2) is 0 Å². The number of aliphatic hydroxyl groups excluding tert-OH is 1. The Morgan fingerprint density at radius 3 is 2.28 bits per heavy atom. The van der Waals surface area contributed by atoms with Crippen LogP contribution in [0.3, 0.4) is 0 Å². The Hall–Kier alpha value is -0.160. The van der Waals surface area contributed by atoms with E-state index in [0.29, 0.717) is 25.0 Å². The Bertz CT molecular complexity index is 188. The number of nitrogens with one attached hydrogen (secondary N) is 1. The van der Waals surface area contributed by atoms with E-state index in [1.54, 1.807) is 7.11 Å². The second-order valence-electron chi connectivity index (χ2n) is 5.65. The average molecular weight is 261 g/mol. The minimum absolute atomic E-state index is 0.215. The standard InChI is InChI=1S/C14H31NO3/c1-11(2)6-13(4)18-10-14(16)8-15-7-12(3)9-17-5/h11-16H,6-10H2,1-5H3. The Morgan fingerprint density at radius 1 is 1.06 bits per heavy atom. The van der Waals surface area contributed by atoms with Crippen LogP contribution in [0, 0.1) is 11.8 Å². The van der Waals surface area contributed by atoms with Gasteiger partial charge in [-0.15, -0.1) is 0 Å². The van der Waals surface area contributed by atoms with Crippen molar-refractivity contribution in [2.45, 2.75) is 46.3 Å². The molecule has 0 bridgehead atoms. The zero-order valence-corrected chi connectivity index (χ0v) is 12.6. The molecule has 0 radical (unpaired) electrons. The molecule has 4 nitrogen and oxygen atoms in total. The maximum absolute atomic E-state index is 9.76. The predicted molar refractivity (Wildman–Crippen MR) is 74.8 cm³/mol. The molecule has 0 aromatic rings. The Morgan fingerprint density at radius 2 is 1.72 bits per heavy atom. The molecule has 4 heteroatoms. The van der Waals surface area contributed by atoms with Gasteiger partial charge in [0.15, 0.2) is 0 Å². The van der Waals surface area contributed by atoms with Crippen LogP contribution in [-0.4, -0.2) is 50.7 Å². The van der Waals surface area contributed by atoms with Crippen molar-refractivity contribution in [2.24, 2.45) is 11.8 Å². The van der Waals surface area contributed by atoms with Crippen LogP contribution in [0.15, 0.2) is 0 Å². The van der Waals surface area contributed by atoms with Crippen molar-refractivity contribution in [1.29, 1.82) is 0 Å². The van der Waals surface area contributed by atoms with E-state index in [-0.39, 0.29) is 6.10 Å². The molecule has 0 aliphatic carbocycles. The van der Waals surface area contributed by atoms with E-state index in [1.165, 1.54) is 0 Å².